The van der Waals surface area contributed by atoms with Crippen LogP contribution in [0.3, 0.4) is 0 Å². The van der Waals surface area contributed by atoms with Crippen LogP contribution in [-0.4, -0.2) is 130 Å². The quantitative estimate of drug-likeness (QED) is 0.141. The van der Waals surface area contributed by atoms with Crippen LogP contribution in [0.4, 0.5) is 9.59 Å². The van der Waals surface area contributed by atoms with E-state index in [1.54, 1.807) is 67.1 Å². The number of hydrogen-bond acceptors (Lipinski definition) is 15. The summed E-state index contributed by atoms with van der Waals surface area (Å²) in [6, 6.07) is 7.96. The van der Waals surface area contributed by atoms with Gasteiger partial charge in [0.2, 0.25) is 0 Å². The SMILES string of the molecule is CC[C@H]1OC(=O)[C@H](C)C(=O)[C@H](C)[C@@H](O[C@@H]2O[C@H](C)C[C@H](N(C)C)[C@H]2O)[C@](C)(OC(=O)NN(C)Cc2ccc(-c3ncccn3)cc2)C[C@@H](C)C(=O)[C@H](C)[C@H]2NC(=O)O[C@@]21C. The van der Waals surface area contributed by atoms with Gasteiger partial charge in [0.15, 0.2) is 23.5 Å². The second-order valence-electron chi connectivity index (χ2n) is 17.3. The van der Waals surface area contributed by atoms with Crippen LogP contribution in [-0.2, 0) is 44.6 Å². The van der Waals surface area contributed by atoms with Crippen LogP contribution in [0.25, 0.3) is 11.4 Å². The molecule has 0 unspecified atom stereocenters. The van der Waals surface area contributed by atoms with Gasteiger partial charge in [0, 0.05) is 55.3 Å². The lowest BCUT2D eigenvalue weighted by Crippen LogP contribution is -2.61. The van der Waals surface area contributed by atoms with Crippen LogP contribution >= 0.6 is 0 Å². The highest BCUT2D eigenvalue weighted by molar-refractivity contribution is 6.00. The molecule has 13 atom stereocenters. The number of cyclic esters (lactones) is 1. The number of ketones is 2. The number of nitrogens with one attached hydrogen (secondary N) is 2. The number of carbonyl (C=O) groups excluding carboxylic acids is 5. The Balaban J connectivity index is 1.51. The number of alkyl carbamates (subject to hydrolysis) is 1. The molecule has 4 heterocycles. The first-order valence-electron chi connectivity index (χ1n) is 20.7. The van der Waals surface area contributed by atoms with E-state index < -0.39 is 89.5 Å². The summed E-state index contributed by atoms with van der Waals surface area (Å²) in [7, 11) is 5.30. The van der Waals surface area contributed by atoms with Crippen LogP contribution < -0.4 is 10.7 Å². The topological polar surface area (TPSA) is 208 Å². The van der Waals surface area contributed by atoms with E-state index in [2.05, 4.69) is 20.7 Å². The lowest BCUT2D eigenvalue weighted by atomic mass is 9.73. The minimum Gasteiger partial charge on any atom is -0.458 e. The largest absolute Gasteiger partial charge is 0.458 e. The van der Waals surface area contributed by atoms with Gasteiger partial charge < -0.3 is 39.0 Å². The fraction of sp³-hybridized carbons (Fsp3) is 0.651. The van der Waals surface area contributed by atoms with E-state index in [4.69, 9.17) is 23.7 Å². The van der Waals surface area contributed by atoms with Gasteiger partial charge >= 0.3 is 18.2 Å². The van der Waals surface area contributed by atoms with Crippen LogP contribution in [0.15, 0.2) is 42.7 Å². The molecule has 0 aliphatic carbocycles. The fourth-order valence-electron chi connectivity index (χ4n) is 9.00. The van der Waals surface area contributed by atoms with Crippen molar-refractivity contribution in [1.29, 1.82) is 0 Å². The standard InChI is InChI=1S/C43H62N6O11/c1-12-31-43(8)35(46-40(54)60-43)25(4)32(50)23(2)21-42(7,59-41(55)47-49(11)22-28-14-16-29(17-15-28)37-44-18-13-19-45-37)36(26(5)33(51)27(6)38(53)57-31)58-39-34(52)30(48(9)10)20-24(3)56-39/h13-19,23-27,30-31,34-36,39,52H,12,20-22H2,1-11H3,(H,46,54)(H,47,55)/t23-,24-,25+,26+,27-,30+,31-,34-,35-,36-,39+,42-,43-/m1/s1. The van der Waals surface area contributed by atoms with E-state index in [1.807, 2.05) is 50.2 Å². The number of carbonyl (C=O) groups is 5. The fourth-order valence-corrected chi connectivity index (χ4v) is 9.00. The zero-order chi connectivity index (χ0) is 44.3. The third-order valence-electron chi connectivity index (χ3n) is 12.3. The summed E-state index contributed by atoms with van der Waals surface area (Å²) >= 11 is 0. The summed E-state index contributed by atoms with van der Waals surface area (Å²) in [5.74, 6) is -5.46. The number of amides is 2. The summed E-state index contributed by atoms with van der Waals surface area (Å²) in [4.78, 5) is 80.1. The van der Waals surface area contributed by atoms with Crippen molar-refractivity contribution in [2.75, 3.05) is 21.1 Å². The predicted octanol–water partition coefficient (Wildman–Crippen LogP) is 4.06. The summed E-state index contributed by atoms with van der Waals surface area (Å²) in [5.41, 5.74) is 1.19. The Kier molecular flexibility index (Phi) is 14.7. The lowest BCUT2D eigenvalue weighted by molar-refractivity contribution is -0.292. The van der Waals surface area contributed by atoms with Gasteiger partial charge in [-0.15, -0.1) is 0 Å². The van der Waals surface area contributed by atoms with Gasteiger partial charge in [0.05, 0.1) is 12.1 Å². The molecule has 5 rings (SSSR count). The van der Waals surface area contributed by atoms with Gasteiger partial charge in [-0.25, -0.2) is 24.6 Å². The molecule has 0 spiro atoms. The number of hydrogen-bond donors (Lipinski definition) is 3. The molecular formula is C43H62N6O11. The Hall–Kier alpha value is -4.55. The Bertz CT molecular complexity index is 1850. The van der Waals surface area contributed by atoms with Crippen molar-refractivity contribution in [2.45, 2.75) is 135 Å². The third kappa shape index (κ3) is 10.1. The summed E-state index contributed by atoms with van der Waals surface area (Å²) in [5, 5.41) is 15.9. The summed E-state index contributed by atoms with van der Waals surface area (Å²) < 4.78 is 30.8. The molecule has 0 saturated carbocycles. The predicted molar refractivity (Wildman–Crippen MR) is 218 cm³/mol. The first-order valence-corrected chi connectivity index (χ1v) is 20.7. The maximum Gasteiger partial charge on any atom is 0.422 e. The van der Waals surface area contributed by atoms with Crippen molar-refractivity contribution >= 4 is 29.7 Å². The molecule has 1 aromatic carbocycles. The molecule has 3 fully saturated rings. The minimum absolute atomic E-state index is 0.164. The number of likely N-dealkylation sites (N-methyl/N-ethyl adjacent to an activating group) is 1. The minimum atomic E-state index is -1.78. The van der Waals surface area contributed by atoms with E-state index in [0.717, 1.165) is 11.1 Å². The molecule has 330 valence electrons. The lowest BCUT2D eigenvalue weighted by Gasteiger charge is -2.47. The molecule has 2 amide bonds. The summed E-state index contributed by atoms with van der Waals surface area (Å²) in [6.07, 6.45) is -3.03. The van der Waals surface area contributed by atoms with E-state index in [0.29, 0.717) is 12.2 Å². The number of nitrogens with zero attached hydrogens (tertiary/aromatic N) is 4. The second kappa shape index (κ2) is 19.0. The van der Waals surface area contributed by atoms with Crippen molar-refractivity contribution < 1.29 is 52.8 Å². The van der Waals surface area contributed by atoms with Gasteiger partial charge in [0.1, 0.15) is 35.6 Å². The average Bonchev–Trinajstić information content (AvgIpc) is 3.52. The normalized spacial score (nSPS) is 35.5. The highest BCUT2D eigenvalue weighted by atomic mass is 16.7. The van der Waals surface area contributed by atoms with Crippen molar-refractivity contribution in [3.8, 4) is 11.4 Å². The van der Waals surface area contributed by atoms with Crippen molar-refractivity contribution in [3.63, 3.8) is 0 Å². The van der Waals surface area contributed by atoms with Gasteiger partial charge in [0.25, 0.3) is 0 Å². The van der Waals surface area contributed by atoms with Crippen LogP contribution in [0.2, 0.25) is 0 Å². The molecular weight excluding hydrogens is 777 g/mol. The van der Waals surface area contributed by atoms with Crippen LogP contribution in [0.1, 0.15) is 80.2 Å². The number of hydrazine groups is 1. The molecule has 0 bridgehead atoms. The third-order valence-corrected chi connectivity index (χ3v) is 12.3. The number of fused-ring (bicyclic) bond motifs is 1. The molecule has 2 aromatic rings. The number of aromatic nitrogens is 2. The van der Waals surface area contributed by atoms with Gasteiger partial charge in [-0.1, -0.05) is 52.0 Å². The number of rotatable bonds is 9. The first kappa shape index (κ1) is 46.5. The number of benzene rings is 1. The Morgan fingerprint density at radius 1 is 0.983 bits per heavy atom. The molecule has 0 radical (unpaired) electrons. The smallest absolute Gasteiger partial charge is 0.422 e. The van der Waals surface area contributed by atoms with Crippen molar-refractivity contribution in [3.05, 3.63) is 48.3 Å². The Morgan fingerprint density at radius 3 is 2.25 bits per heavy atom. The Morgan fingerprint density at radius 2 is 1.63 bits per heavy atom. The molecule has 60 heavy (non-hydrogen) atoms. The molecule has 3 N–H and O–H groups in total. The average molecular weight is 839 g/mol. The molecule has 3 aliphatic heterocycles. The number of aliphatic hydroxyl groups excluding tert-OH is 1. The van der Waals surface area contributed by atoms with Gasteiger partial charge in [-0.05, 0) is 72.7 Å². The number of esters is 1. The van der Waals surface area contributed by atoms with Gasteiger partial charge in [-0.2, -0.15) is 0 Å². The molecule has 17 nitrogen and oxygen atoms in total. The number of Topliss-reactive ketones (excluding diaryl/α,β-unsaturated/α-hetero) is 2. The highest BCUT2D eigenvalue weighted by Gasteiger charge is 2.57. The second-order valence-corrected chi connectivity index (χ2v) is 17.3. The van der Waals surface area contributed by atoms with Gasteiger partial charge in [-0.3, -0.25) is 19.8 Å². The maximum absolute atomic E-state index is 14.5. The number of aliphatic hydroxyl groups is 1. The van der Waals surface area contributed by atoms with E-state index in [-0.39, 0.29) is 37.3 Å². The zero-order valence-electron chi connectivity index (χ0n) is 36.5. The first-order chi connectivity index (χ1) is 28.2. The van der Waals surface area contributed by atoms with Crippen LogP contribution in [0.5, 0.6) is 0 Å². The van der Waals surface area contributed by atoms with Crippen molar-refractivity contribution in [1.82, 2.24) is 30.6 Å². The molecule has 3 aliphatic rings. The maximum atomic E-state index is 14.5. The highest BCUT2D eigenvalue weighted by Crippen LogP contribution is 2.40. The zero-order valence-corrected chi connectivity index (χ0v) is 36.5. The van der Waals surface area contributed by atoms with Crippen LogP contribution in [0, 0.1) is 23.7 Å². The van der Waals surface area contributed by atoms with Crippen molar-refractivity contribution in [2.24, 2.45) is 23.7 Å². The molecule has 17 heteroatoms. The molecule has 3 saturated heterocycles. The monoisotopic (exact) mass is 838 g/mol. The Labute approximate surface area is 352 Å². The summed E-state index contributed by atoms with van der Waals surface area (Å²) in [6.45, 7) is 13.3. The number of ether oxygens (including phenoxy) is 5. The van der Waals surface area contributed by atoms with E-state index >= 15 is 0 Å². The van der Waals surface area contributed by atoms with E-state index in [9.17, 15) is 29.1 Å². The molecule has 1 aromatic heterocycles. The van der Waals surface area contributed by atoms with E-state index in [1.165, 1.54) is 11.9 Å².